The van der Waals surface area contributed by atoms with Crippen LogP contribution in [-0.2, 0) is 21.1 Å². The quantitative estimate of drug-likeness (QED) is 0.480. The first-order valence-electron chi connectivity index (χ1n) is 4.53. The molecular weight excluding hydrogens is 412 g/mol. The van der Waals surface area contributed by atoms with Gasteiger partial charge >= 0.3 is 0 Å². The average Bonchev–Trinajstić information content (AvgIpc) is 2.71. The fourth-order valence-corrected chi connectivity index (χ4v) is 1.02. The maximum atomic E-state index is 11.7. The number of nitrogens with zero attached hydrogens (tertiary/aromatic N) is 1. The molecule has 0 saturated heterocycles. The van der Waals surface area contributed by atoms with Gasteiger partial charge in [0.15, 0.2) is 0 Å². The van der Waals surface area contributed by atoms with Crippen LogP contribution in [0.5, 0.6) is 0 Å². The molecule has 0 atom stereocenters. The van der Waals surface area contributed by atoms with Gasteiger partial charge in [0.2, 0.25) is 0 Å². The van der Waals surface area contributed by atoms with Crippen molar-refractivity contribution in [2.75, 3.05) is 0 Å². The minimum atomic E-state index is -1.55. The van der Waals surface area contributed by atoms with Crippen LogP contribution >= 0.6 is 11.5 Å². The summed E-state index contributed by atoms with van der Waals surface area (Å²) in [4.78, 5) is 0. The van der Waals surface area contributed by atoms with E-state index in [1.165, 1.54) is 18.5 Å². The van der Waals surface area contributed by atoms with Crippen LogP contribution < -0.4 is 0 Å². The largest absolute Gasteiger partial charge is 0.358 e. The van der Waals surface area contributed by atoms with Crippen LogP contribution in [0.3, 0.4) is 0 Å². The Morgan fingerprint density at radius 3 is 2.12 bits per heavy atom. The van der Waals surface area contributed by atoms with E-state index in [2.05, 4.69) is 11.0 Å². The molecule has 0 amide bonds. The second-order valence-corrected chi connectivity index (χ2v) is 3.88. The van der Waals surface area contributed by atoms with E-state index in [0.29, 0.717) is 12.8 Å². The Labute approximate surface area is 121 Å². The second kappa shape index (κ2) is 13.7. The summed E-state index contributed by atoms with van der Waals surface area (Å²) in [5.74, 6) is 0. The maximum absolute atomic E-state index is 11.7. The van der Waals surface area contributed by atoms with Gasteiger partial charge in [-0.1, -0.05) is 5.57 Å². The fraction of sp³-hybridized carbons (Fsp3) is 0.333. The van der Waals surface area contributed by atoms with Crippen molar-refractivity contribution in [1.82, 2.24) is 4.37 Å². The molecule has 1 nitrogen and oxygen atoms in total. The van der Waals surface area contributed by atoms with Crippen LogP contribution in [0.4, 0.5) is 8.78 Å². The van der Waals surface area contributed by atoms with E-state index < -0.39 is 6.08 Å². The van der Waals surface area contributed by atoms with Crippen LogP contribution in [0.25, 0.3) is 0 Å². The molecule has 0 fully saturated rings. The third-order valence-electron chi connectivity index (χ3n) is 1.60. The van der Waals surface area contributed by atoms with E-state index in [1.807, 2.05) is 18.4 Å². The van der Waals surface area contributed by atoms with E-state index >= 15 is 0 Å². The SMILES string of the molecule is C=C(C)CCC(C)=C(F)F.[CH3-].[W].c1cnsc1. The monoisotopic (exact) mass is 430 g/mol. The molecule has 0 radical (unpaired) electrons. The van der Waals surface area contributed by atoms with Crippen molar-refractivity contribution in [2.45, 2.75) is 26.7 Å². The predicted molar refractivity (Wildman–Crippen MR) is 67.5 cm³/mol. The smallest absolute Gasteiger partial charge is 0.269 e. The van der Waals surface area contributed by atoms with Crippen molar-refractivity contribution >= 4 is 11.5 Å². The zero-order valence-corrected chi connectivity index (χ0v) is 14.1. The third-order valence-corrected chi connectivity index (χ3v) is 2.12. The van der Waals surface area contributed by atoms with Crippen molar-refractivity contribution in [3.63, 3.8) is 0 Å². The number of hydrogen-bond acceptors (Lipinski definition) is 2. The molecule has 1 heterocycles. The molecule has 0 bridgehead atoms. The molecule has 0 unspecified atom stereocenters. The van der Waals surface area contributed by atoms with Gasteiger partial charge in [-0.05, 0) is 49.9 Å². The summed E-state index contributed by atoms with van der Waals surface area (Å²) in [7, 11) is 0. The molecule has 0 aliphatic rings. The Morgan fingerprint density at radius 2 is 1.88 bits per heavy atom. The molecule has 0 aliphatic heterocycles. The van der Waals surface area contributed by atoms with Gasteiger partial charge in [0.25, 0.3) is 6.08 Å². The molecule has 17 heavy (non-hydrogen) atoms. The molecule has 98 valence electrons. The maximum Gasteiger partial charge on any atom is 0.269 e. The van der Waals surface area contributed by atoms with Gasteiger partial charge < -0.3 is 7.43 Å². The van der Waals surface area contributed by atoms with Gasteiger partial charge in [-0.2, -0.15) is 8.78 Å². The molecule has 0 aromatic carbocycles. The summed E-state index contributed by atoms with van der Waals surface area (Å²) in [6.45, 7) is 6.90. The first kappa shape index (κ1) is 21.9. The zero-order valence-electron chi connectivity index (χ0n) is 10.4. The van der Waals surface area contributed by atoms with Crippen LogP contribution in [-0.4, -0.2) is 4.37 Å². The van der Waals surface area contributed by atoms with Gasteiger partial charge in [-0.25, -0.2) is 4.37 Å². The van der Waals surface area contributed by atoms with Gasteiger partial charge in [-0.3, -0.25) is 0 Å². The van der Waals surface area contributed by atoms with Crippen molar-refractivity contribution in [2.24, 2.45) is 0 Å². The summed E-state index contributed by atoms with van der Waals surface area (Å²) in [5.41, 5.74) is 1.11. The molecule has 0 N–H and O–H groups in total. The first-order valence-corrected chi connectivity index (χ1v) is 5.37. The summed E-state index contributed by atoms with van der Waals surface area (Å²) >= 11 is 1.46. The van der Waals surface area contributed by atoms with Crippen LogP contribution in [0.1, 0.15) is 26.7 Å². The first-order chi connectivity index (χ1) is 7.04. The molecule has 1 aromatic rings. The molecule has 5 heteroatoms. The van der Waals surface area contributed by atoms with Gasteiger partial charge in [0, 0.05) is 32.6 Å². The van der Waals surface area contributed by atoms with Gasteiger partial charge in [0.1, 0.15) is 0 Å². The molecular formula is C12H18F2NSW-. The predicted octanol–water partition coefficient (Wildman–Crippen LogP) is 5.10. The van der Waals surface area contributed by atoms with Crippen molar-refractivity contribution in [1.29, 1.82) is 0 Å². The zero-order chi connectivity index (χ0) is 11.7. The fourth-order valence-electron chi connectivity index (χ4n) is 0.671. The Bertz CT molecular complexity index is 289. The number of allylic oxidation sites excluding steroid dienone is 2. The van der Waals surface area contributed by atoms with Crippen LogP contribution in [0, 0.1) is 7.43 Å². The van der Waals surface area contributed by atoms with Crippen LogP contribution in [0.15, 0.2) is 41.4 Å². The molecule has 0 aliphatic carbocycles. The van der Waals surface area contributed by atoms with Crippen molar-refractivity contribution in [3.05, 3.63) is 48.9 Å². The van der Waals surface area contributed by atoms with Crippen molar-refractivity contribution < 1.29 is 29.8 Å². The van der Waals surface area contributed by atoms with Crippen LogP contribution in [0.2, 0.25) is 0 Å². The minimum Gasteiger partial charge on any atom is -0.358 e. The Morgan fingerprint density at radius 1 is 1.29 bits per heavy atom. The Balaban J connectivity index is -0.000000238. The van der Waals surface area contributed by atoms with Gasteiger partial charge in [-0.15, -0.1) is 6.58 Å². The van der Waals surface area contributed by atoms with E-state index in [1.54, 1.807) is 6.20 Å². The average molecular weight is 430 g/mol. The summed E-state index contributed by atoms with van der Waals surface area (Å²) in [5, 5.41) is 1.93. The molecule has 1 rings (SSSR count). The minimum absolute atomic E-state index is 0. The summed E-state index contributed by atoms with van der Waals surface area (Å²) in [6, 6.07) is 1.91. The standard InChI is InChI=1S/C8H12F2.C3H3NS.CH3.W/c1-6(2)4-5-7(3)8(9)10;1-2-4-5-3-1;;/h1,4-5H2,2-3H3;1-3H;1H3;/q;;-1;. The Hall–Kier alpha value is -0.342. The molecule has 0 saturated carbocycles. The second-order valence-electron chi connectivity index (χ2n) is 3.19. The van der Waals surface area contributed by atoms with Crippen molar-refractivity contribution in [3.8, 4) is 0 Å². The molecule has 0 spiro atoms. The summed E-state index contributed by atoms with van der Waals surface area (Å²) < 4.78 is 27.2. The number of hydrogen-bond donors (Lipinski definition) is 0. The van der Waals surface area contributed by atoms with E-state index in [9.17, 15) is 8.78 Å². The number of rotatable bonds is 3. The van der Waals surface area contributed by atoms with E-state index in [0.717, 1.165) is 5.57 Å². The third kappa shape index (κ3) is 15.7. The van der Waals surface area contributed by atoms with E-state index in [-0.39, 0.29) is 34.1 Å². The summed E-state index contributed by atoms with van der Waals surface area (Å²) in [6.07, 6.45) is 1.30. The van der Waals surface area contributed by atoms with Gasteiger partial charge in [0.05, 0.1) is 0 Å². The molecule has 1 aromatic heterocycles. The number of aromatic nitrogens is 1. The van der Waals surface area contributed by atoms with E-state index in [4.69, 9.17) is 0 Å². The number of halogens is 2. The normalized spacial score (nSPS) is 7.76. The topological polar surface area (TPSA) is 12.9 Å². The Kier molecular flexibility index (Phi) is 17.7.